The maximum absolute atomic E-state index is 11.9. The molecule has 10 heteroatoms. The van der Waals surface area contributed by atoms with E-state index in [4.69, 9.17) is 9.90 Å². The minimum atomic E-state index is -5.08. The lowest BCUT2D eigenvalue weighted by Crippen LogP contribution is -2.53. The van der Waals surface area contributed by atoms with Gasteiger partial charge in [0.25, 0.3) is 0 Å². The number of sulfonamides is 1. The molecule has 26 heavy (non-hydrogen) atoms. The van der Waals surface area contributed by atoms with Crippen LogP contribution in [0, 0.1) is 5.92 Å². The highest BCUT2D eigenvalue weighted by Crippen LogP contribution is 2.42. The van der Waals surface area contributed by atoms with Crippen molar-refractivity contribution in [3.63, 3.8) is 0 Å². The van der Waals surface area contributed by atoms with Crippen LogP contribution in [-0.2, 0) is 14.8 Å². The van der Waals surface area contributed by atoms with Crippen LogP contribution in [0.4, 0.5) is 13.2 Å². The molecule has 0 bridgehead atoms. The summed E-state index contributed by atoms with van der Waals surface area (Å²) < 4.78 is 57.3. The fourth-order valence-corrected chi connectivity index (χ4v) is 4.92. The SMILES string of the molecule is CCS(=O)(=O)N1CCC2(CCCN2CC2CC2)CC1.O=C(O)C(F)(F)F. The first-order chi connectivity index (χ1) is 12.0. The Hall–Kier alpha value is -0.870. The number of halogens is 3. The molecular weight excluding hydrogens is 373 g/mol. The molecule has 6 nitrogen and oxygen atoms in total. The Morgan fingerprint density at radius 2 is 1.69 bits per heavy atom. The number of carbonyl (C=O) groups is 1. The van der Waals surface area contributed by atoms with Crippen LogP contribution in [0.5, 0.6) is 0 Å². The van der Waals surface area contributed by atoms with Gasteiger partial charge >= 0.3 is 12.1 Å². The minimum absolute atomic E-state index is 0.242. The zero-order chi connectivity index (χ0) is 19.6. The summed E-state index contributed by atoms with van der Waals surface area (Å²) in [7, 11) is -2.98. The smallest absolute Gasteiger partial charge is 0.475 e. The Labute approximate surface area is 152 Å². The number of hydrogen-bond acceptors (Lipinski definition) is 4. The highest BCUT2D eigenvalue weighted by atomic mass is 32.2. The van der Waals surface area contributed by atoms with E-state index in [0.717, 1.165) is 31.8 Å². The highest BCUT2D eigenvalue weighted by molar-refractivity contribution is 7.89. The molecule has 1 saturated carbocycles. The van der Waals surface area contributed by atoms with E-state index < -0.39 is 22.2 Å². The molecular formula is C16H27F3N2O4S. The average Bonchev–Trinajstić information content (AvgIpc) is 3.31. The summed E-state index contributed by atoms with van der Waals surface area (Å²) in [6, 6.07) is 0. The molecule has 0 amide bonds. The third-order valence-corrected chi connectivity index (χ3v) is 7.45. The first-order valence-corrected chi connectivity index (χ1v) is 10.6. The lowest BCUT2D eigenvalue weighted by atomic mass is 9.85. The van der Waals surface area contributed by atoms with Crippen molar-refractivity contribution < 1.29 is 31.5 Å². The van der Waals surface area contributed by atoms with Gasteiger partial charge in [0.1, 0.15) is 0 Å². The van der Waals surface area contributed by atoms with Gasteiger partial charge in [0.05, 0.1) is 5.75 Å². The maximum Gasteiger partial charge on any atom is 0.490 e. The largest absolute Gasteiger partial charge is 0.490 e. The van der Waals surface area contributed by atoms with E-state index >= 15 is 0 Å². The Morgan fingerprint density at radius 1 is 1.15 bits per heavy atom. The predicted octanol–water partition coefficient (Wildman–Crippen LogP) is 2.31. The Kier molecular flexibility index (Phi) is 6.61. The monoisotopic (exact) mass is 400 g/mol. The Balaban J connectivity index is 0.000000298. The van der Waals surface area contributed by atoms with Gasteiger partial charge in [0.2, 0.25) is 10.0 Å². The van der Waals surface area contributed by atoms with E-state index in [1.165, 1.54) is 38.8 Å². The minimum Gasteiger partial charge on any atom is -0.475 e. The number of hydrogen-bond donors (Lipinski definition) is 1. The number of rotatable bonds is 4. The molecule has 3 rings (SSSR count). The maximum atomic E-state index is 11.9. The fraction of sp³-hybridized carbons (Fsp3) is 0.938. The molecule has 0 atom stereocenters. The molecule has 2 aliphatic heterocycles. The molecule has 2 saturated heterocycles. The second kappa shape index (κ2) is 8.02. The lowest BCUT2D eigenvalue weighted by molar-refractivity contribution is -0.192. The molecule has 152 valence electrons. The second-order valence-corrected chi connectivity index (χ2v) is 9.58. The van der Waals surface area contributed by atoms with Crippen LogP contribution < -0.4 is 0 Å². The van der Waals surface area contributed by atoms with Crippen molar-refractivity contribution in [1.29, 1.82) is 0 Å². The van der Waals surface area contributed by atoms with Crippen LogP contribution in [0.2, 0.25) is 0 Å². The number of nitrogens with zero attached hydrogens (tertiary/aromatic N) is 2. The molecule has 1 N–H and O–H groups in total. The Bertz CT molecular complexity index is 597. The van der Waals surface area contributed by atoms with Crippen LogP contribution in [0.15, 0.2) is 0 Å². The van der Waals surface area contributed by atoms with Gasteiger partial charge in [-0.3, -0.25) is 4.90 Å². The number of carboxylic acids is 1. The summed E-state index contributed by atoms with van der Waals surface area (Å²) >= 11 is 0. The second-order valence-electron chi connectivity index (χ2n) is 7.32. The predicted molar refractivity (Wildman–Crippen MR) is 90.2 cm³/mol. The van der Waals surface area contributed by atoms with Crippen molar-refractivity contribution in [2.24, 2.45) is 5.92 Å². The molecule has 1 aliphatic carbocycles. The summed E-state index contributed by atoms with van der Waals surface area (Å²) in [6.07, 6.45) is 2.39. The van der Waals surface area contributed by atoms with Crippen molar-refractivity contribution in [3.05, 3.63) is 0 Å². The van der Waals surface area contributed by atoms with Gasteiger partial charge in [-0.15, -0.1) is 0 Å². The van der Waals surface area contributed by atoms with Gasteiger partial charge < -0.3 is 5.11 Å². The molecule has 0 aromatic rings. The number of likely N-dealkylation sites (tertiary alicyclic amines) is 1. The number of aliphatic carboxylic acids is 1. The standard InChI is InChI=1S/C14H26N2O2S.C2HF3O2/c1-2-19(17,18)16-10-7-14(8-11-16)6-3-9-15(14)12-13-4-5-13;3-2(4,5)1(6)7/h13H,2-12H2,1H3;(H,6,7). The van der Waals surface area contributed by atoms with E-state index in [1.54, 1.807) is 11.2 Å². The molecule has 0 aromatic carbocycles. The van der Waals surface area contributed by atoms with Crippen molar-refractivity contribution in [1.82, 2.24) is 9.21 Å². The van der Waals surface area contributed by atoms with E-state index in [2.05, 4.69) is 4.90 Å². The van der Waals surface area contributed by atoms with Crippen LogP contribution in [0.1, 0.15) is 45.4 Å². The van der Waals surface area contributed by atoms with Crippen molar-refractivity contribution in [2.45, 2.75) is 57.2 Å². The van der Waals surface area contributed by atoms with Gasteiger partial charge in [0, 0.05) is 25.2 Å². The van der Waals surface area contributed by atoms with Crippen molar-refractivity contribution >= 4 is 16.0 Å². The topological polar surface area (TPSA) is 77.9 Å². The molecule has 0 radical (unpaired) electrons. The molecule has 3 fully saturated rings. The van der Waals surface area contributed by atoms with Gasteiger partial charge in [-0.1, -0.05) is 0 Å². The van der Waals surface area contributed by atoms with Gasteiger partial charge in [0.15, 0.2) is 0 Å². The molecule has 3 aliphatic rings. The highest BCUT2D eigenvalue weighted by Gasteiger charge is 2.45. The Morgan fingerprint density at radius 3 is 2.12 bits per heavy atom. The van der Waals surface area contributed by atoms with E-state index in [1.807, 2.05) is 0 Å². The van der Waals surface area contributed by atoms with Gasteiger partial charge in [-0.25, -0.2) is 17.5 Å². The normalized spacial score (nSPS) is 24.3. The van der Waals surface area contributed by atoms with E-state index in [-0.39, 0.29) is 5.75 Å². The fourth-order valence-electron chi connectivity index (χ4n) is 3.82. The van der Waals surface area contributed by atoms with E-state index in [0.29, 0.717) is 5.54 Å². The van der Waals surface area contributed by atoms with Crippen molar-refractivity contribution in [3.8, 4) is 0 Å². The summed E-state index contributed by atoms with van der Waals surface area (Å²) in [5, 5.41) is 7.12. The van der Waals surface area contributed by atoms with Crippen LogP contribution in [-0.4, -0.2) is 72.3 Å². The third kappa shape index (κ3) is 5.32. The average molecular weight is 400 g/mol. The summed E-state index contributed by atoms with van der Waals surface area (Å²) in [6.45, 7) is 5.71. The molecule has 1 spiro atoms. The zero-order valence-electron chi connectivity index (χ0n) is 15.0. The van der Waals surface area contributed by atoms with Gasteiger partial charge in [-0.2, -0.15) is 13.2 Å². The summed E-state index contributed by atoms with van der Waals surface area (Å²) in [5.74, 6) is -1.58. The molecule has 0 aromatic heterocycles. The number of alkyl halides is 3. The molecule has 0 unspecified atom stereocenters. The summed E-state index contributed by atoms with van der Waals surface area (Å²) in [5.41, 5.74) is 0.336. The lowest BCUT2D eigenvalue weighted by Gasteiger charge is -2.44. The summed E-state index contributed by atoms with van der Waals surface area (Å²) in [4.78, 5) is 11.6. The third-order valence-electron chi connectivity index (χ3n) is 5.57. The van der Waals surface area contributed by atoms with Gasteiger partial charge in [-0.05, 0) is 57.9 Å². The molecule has 2 heterocycles. The number of piperidine rings is 1. The first kappa shape index (κ1) is 21.4. The van der Waals surface area contributed by atoms with Crippen molar-refractivity contribution in [2.75, 3.05) is 31.9 Å². The van der Waals surface area contributed by atoms with E-state index in [9.17, 15) is 21.6 Å². The quantitative estimate of drug-likeness (QED) is 0.784. The first-order valence-electron chi connectivity index (χ1n) is 9.03. The zero-order valence-corrected chi connectivity index (χ0v) is 15.8. The van der Waals surface area contributed by atoms with Crippen LogP contribution in [0.3, 0.4) is 0 Å². The van der Waals surface area contributed by atoms with Crippen LogP contribution in [0.25, 0.3) is 0 Å². The van der Waals surface area contributed by atoms with Crippen LogP contribution >= 0.6 is 0 Å². The number of carboxylic acid groups (broad SMARTS) is 1.